The minimum Gasteiger partial charge on any atom is -0.462 e. The van der Waals surface area contributed by atoms with Gasteiger partial charge in [0, 0.05) is 17.6 Å². The van der Waals surface area contributed by atoms with Crippen LogP contribution in [0.5, 0.6) is 0 Å². The summed E-state index contributed by atoms with van der Waals surface area (Å²) in [5.74, 6) is -1.05. The lowest BCUT2D eigenvalue weighted by Gasteiger charge is -2.14. The standard InChI is InChI=1S/C22H18N2O4/c1-14-13-18(15-7-4-5-10-19(15)23-14)22(27)28-12-6-11-24-20(25)16-8-2-3-9-17(16)21(24)26/h2-5,7-10,13H,6,11-12H2,1H3. The Morgan fingerprint density at radius 1 is 1.00 bits per heavy atom. The maximum Gasteiger partial charge on any atom is 0.338 e. The Hall–Kier alpha value is -3.54. The summed E-state index contributed by atoms with van der Waals surface area (Å²) in [4.78, 5) is 42.8. The van der Waals surface area contributed by atoms with E-state index in [-0.39, 0.29) is 25.0 Å². The summed E-state index contributed by atoms with van der Waals surface area (Å²) in [5.41, 5.74) is 2.77. The molecule has 1 aliphatic rings. The summed E-state index contributed by atoms with van der Waals surface area (Å²) in [7, 11) is 0. The number of esters is 1. The SMILES string of the molecule is Cc1cc(C(=O)OCCCN2C(=O)c3ccccc3C2=O)c2ccccc2n1. The van der Waals surface area contributed by atoms with Crippen molar-refractivity contribution in [3.63, 3.8) is 0 Å². The van der Waals surface area contributed by atoms with Crippen molar-refractivity contribution >= 4 is 28.7 Å². The van der Waals surface area contributed by atoms with E-state index in [0.717, 1.165) is 16.6 Å². The van der Waals surface area contributed by atoms with Crippen molar-refractivity contribution in [1.82, 2.24) is 9.88 Å². The van der Waals surface area contributed by atoms with Crippen LogP contribution in [0.25, 0.3) is 10.9 Å². The molecule has 0 aliphatic carbocycles. The predicted octanol–water partition coefficient (Wildman–Crippen LogP) is 3.39. The largest absolute Gasteiger partial charge is 0.462 e. The average molecular weight is 374 g/mol. The molecule has 2 heterocycles. The second-order valence-electron chi connectivity index (χ2n) is 6.63. The van der Waals surface area contributed by atoms with Crippen LogP contribution in [0.4, 0.5) is 0 Å². The molecule has 140 valence electrons. The molecule has 0 saturated heterocycles. The van der Waals surface area contributed by atoms with E-state index in [4.69, 9.17) is 4.74 Å². The van der Waals surface area contributed by atoms with Crippen LogP contribution in [0, 0.1) is 6.92 Å². The lowest BCUT2D eigenvalue weighted by atomic mass is 10.1. The Balaban J connectivity index is 1.39. The van der Waals surface area contributed by atoms with Crippen LogP contribution in [0.3, 0.4) is 0 Å². The van der Waals surface area contributed by atoms with Crippen molar-refractivity contribution < 1.29 is 19.1 Å². The maximum absolute atomic E-state index is 12.5. The van der Waals surface area contributed by atoms with Crippen molar-refractivity contribution in [3.05, 3.63) is 77.0 Å². The van der Waals surface area contributed by atoms with Gasteiger partial charge in [-0.15, -0.1) is 0 Å². The smallest absolute Gasteiger partial charge is 0.338 e. The third-order valence-electron chi connectivity index (χ3n) is 4.70. The molecule has 0 atom stereocenters. The third kappa shape index (κ3) is 3.13. The number of imide groups is 1. The molecule has 0 radical (unpaired) electrons. The number of aryl methyl sites for hydroxylation is 1. The zero-order valence-corrected chi connectivity index (χ0v) is 15.3. The molecular weight excluding hydrogens is 356 g/mol. The van der Waals surface area contributed by atoms with Crippen LogP contribution in [0.1, 0.15) is 43.2 Å². The number of aromatic nitrogens is 1. The Labute approximate surface area is 161 Å². The molecule has 0 unspecified atom stereocenters. The van der Waals surface area contributed by atoms with Gasteiger partial charge in [0.25, 0.3) is 11.8 Å². The van der Waals surface area contributed by atoms with Crippen LogP contribution in [0.15, 0.2) is 54.6 Å². The molecule has 1 aromatic heterocycles. The van der Waals surface area contributed by atoms with Gasteiger partial charge in [0.05, 0.1) is 28.8 Å². The number of amides is 2. The van der Waals surface area contributed by atoms with Gasteiger partial charge in [0.2, 0.25) is 0 Å². The quantitative estimate of drug-likeness (QED) is 0.389. The summed E-state index contributed by atoms with van der Waals surface area (Å²) >= 11 is 0. The second-order valence-corrected chi connectivity index (χ2v) is 6.63. The Morgan fingerprint density at radius 3 is 2.36 bits per heavy atom. The van der Waals surface area contributed by atoms with Crippen molar-refractivity contribution in [2.24, 2.45) is 0 Å². The van der Waals surface area contributed by atoms with E-state index in [0.29, 0.717) is 23.1 Å². The van der Waals surface area contributed by atoms with Crippen LogP contribution < -0.4 is 0 Å². The molecule has 6 heteroatoms. The van der Waals surface area contributed by atoms with Gasteiger partial charge in [-0.3, -0.25) is 19.5 Å². The number of carbonyl (C=O) groups excluding carboxylic acids is 3. The third-order valence-corrected chi connectivity index (χ3v) is 4.70. The molecule has 1 aliphatic heterocycles. The number of pyridine rings is 1. The zero-order chi connectivity index (χ0) is 19.7. The van der Waals surface area contributed by atoms with Gasteiger partial charge in [0.15, 0.2) is 0 Å². The van der Waals surface area contributed by atoms with E-state index in [1.807, 2.05) is 31.2 Å². The monoisotopic (exact) mass is 374 g/mol. The minimum atomic E-state index is -0.441. The highest BCUT2D eigenvalue weighted by molar-refractivity contribution is 6.21. The molecule has 2 aromatic carbocycles. The van der Waals surface area contributed by atoms with Gasteiger partial charge in [-0.25, -0.2) is 4.79 Å². The molecular formula is C22H18N2O4. The number of hydrogen-bond donors (Lipinski definition) is 0. The Bertz CT molecular complexity index is 1070. The number of para-hydroxylation sites is 1. The summed E-state index contributed by atoms with van der Waals surface area (Å²) in [6.45, 7) is 2.14. The topological polar surface area (TPSA) is 76.6 Å². The number of fused-ring (bicyclic) bond motifs is 2. The molecule has 6 nitrogen and oxygen atoms in total. The van der Waals surface area contributed by atoms with E-state index in [2.05, 4.69) is 4.98 Å². The molecule has 0 bridgehead atoms. The van der Waals surface area contributed by atoms with Gasteiger partial charge in [0.1, 0.15) is 0 Å². The summed E-state index contributed by atoms with van der Waals surface area (Å²) in [6, 6.07) is 15.9. The van der Waals surface area contributed by atoms with Crippen molar-refractivity contribution in [1.29, 1.82) is 0 Å². The van der Waals surface area contributed by atoms with Crippen LogP contribution in [-0.4, -0.2) is 40.8 Å². The van der Waals surface area contributed by atoms with Gasteiger partial charge < -0.3 is 4.74 Å². The zero-order valence-electron chi connectivity index (χ0n) is 15.3. The molecule has 0 N–H and O–H groups in total. The van der Waals surface area contributed by atoms with Gasteiger partial charge >= 0.3 is 5.97 Å². The van der Waals surface area contributed by atoms with Crippen LogP contribution in [-0.2, 0) is 4.74 Å². The van der Waals surface area contributed by atoms with E-state index in [1.165, 1.54) is 4.90 Å². The fraction of sp³-hybridized carbons (Fsp3) is 0.182. The van der Waals surface area contributed by atoms with Crippen LogP contribution in [0.2, 0.25) is 0 Å². The van der Waals surface area contributed by atoms with E-state index in [9.17, 15) is 14.4 Å². The highest BCUT2D eigenvalue weighted by Crippen LogP contribution is 2.23. The number of hydrogen-bond acceptors (Lipinski definition) is 5. The maximum atomic E-state index is 12.5. The first-order valence-corrected chi connectivity index (χ1v) is 9.05. The van der Waals surface area contributed by atoms with E-state index < -0.39 is 5.97 Å². The minimum absolute atomic E-state index is 0.113. The fourth-order valence-electron chi connectivity index (χ4n) is 3.38. The number of ether oxygens (including phenoxy) is 1. The van der Waals surface area contributed by atoms with Crippen molar-refractivity contribution in [2.45, 2.75) is 13.3 Å². The van der Waals surface area contributed by atoms with Gasteiger partial charge in [-0.1, -0.05) is 30.3 Å². The Morgan fingerprint density at radius 2 is 1.64 bits per heavy atom. The first-order valence-electron chi connectivity index (χ1n) is 9.05. The number of rotatable bonds is 5. The second kappa shape index (κ2) is 7.23. The van der Waals surface area contributed by atoms with E-state index >= 15 is 0 Å². The average Bonchev–Trinajstić information content (AvgIpc) is 2.95. The summed E-state index contributed by atoms with van der Waals surface area (Å²) in [5, 5.41) is 0.735. The van der Waals surface area contributed by atoms with Gasteiger partial charge in [-0.05, 0) is 37.6 Å². The van der Waals surface area contributed by atoms with Crippen molar-refractivity contribution in [3.8, 4) is 0 Å². The molecule has 0 spiro atoms. The Kier molecular flexibility index (Phi) is 4.61. The van der Waals surface area contributed by atoms with Crippen molar-refractivity contribution in [2.75, 3.05) is 13.2 Å². The highest BCUT2D eigenvalue weighted by atomic mass is 16.5. The number of nitrogens with zero attached hydrogens (tertiary/aromatic N) is 2. The summed E-state index contributed by atoms with van der Waals surface area (Å²) < 4.78 is 5.38. The van der Waals surface area contributed by atoms with Gasteiger partial charge in [-0.2, -0.15) is 0 Å². The molecule has 4 rings (SSSR count). The molecule has 3 aromatic rings. The van der Waals surface area contributed by atoms with E-state index in [1.54, 1.807) is 30.3 Å². The fourth-order valence-corrected chi connectivity index (χ4v) is 3.38. The lowest BCUT2D eigenvalue weighted by Crippen LogP contribution is -2.31. The molecule has 0 saturated carbocycles. The first-order chi connectivity index (χ1) is 13.6. The number of carbonyl (C=O) groups is 3. The molecule has 0 fully saturated rings. The first kappa shape index (κ1) is 17.9. The van der Waals surface area contributed by atoms with Crippen LogP contribution >= 0.6 is 0 Å². The highest BCUT2D eigenvalue weighted by Gasteiger charge is 2.34. The molecule has 2 amide bonds. The summed E-state index contributed by atoms with van der Waals surface area (Å²) in [6.07, 6.45) is 0.374. The predicted molar refractivity (Wildman–Crippen MR) is 103 cm³/mol. The molecule has 28 heavy (non-hydrogen) atoms. The lowest BCUT2D eigenvalue weighted by molar-refractivity contribution is 0.0484. The normalized spacial score (nSPS) is 13.1. The number of benzene rings is 2.